The molecule has 0 fully saturated rings. The van der Waals surface area contributed by atoms with E-state index in [4.69, 9.17) is 4.42 Å². The van der Waals surface area contributed by atoms with Crippen molar-refractivity contribution in [1.29, 1.82) is 0 Å². The standard InChI is InChI=1S/C50H32O/c1-3-12-33(13-4-1)34-22-24-35(25-23-34)37-16-11-17-38(30-37)39-26-28-47-45(31-39)46-32-40(27-29-48(46)51-47)50-43-20-9-7-18-41(43)49(36-14-5-2-6-15-36)42-19-8-10-21-44(42)50/h1-32H. The molecule has 0 unspecified atom stereocenters. The van der Waals surface area contributed by atoms with Gasteiger partial charge in [0, 0.05) is 10.8 Å². The van der Waals surface area contributed by atoms with Gasteiger partial charge in [0.05, 0.1) is 0 Å². The van der Waals surface area contributed by atoms with Crippen LogP contribution in [-0.2, 0) is 0 Å². The van der Waals surface area contributed by atoms with Gasteiger partial charge in [0.15, 0.2) is 0 Å². The summed E-state index contributed by atoms with van der Waals surface area (Å²) >= 11 is 0. The molecule has 1 heterocycles. The highest BCUT2D eigenvalue weighted by molar-refractivity contribution is 6.22. The van der Waals surface area contributed by atoms with E-state index in [9.17, 15) is 0 Å². The van der Waals surface area contributed by atoms with Gasteiger partial charge in [0.25, 0.3) is 0 Å². The van der Waals surface area contributed by atoms with Gasteiger partial charge in [-0.05, 0) is 108 Å². The number of hydrogen-bond donors (Lipinski definition) is 0. The van der Waals surface area contributed by atoms with Crippen LogP contribution in [0, 0.1) is 0 Å². The molecule has 0 bridgehead atoms. The van der Waals surface area contributed by atoms with Crippen LogP contribution in [0.5, 0.6) is 0 Å². The molecule has 9 aromatic carbocycles. The molecular formula is C50H32O. The van der Waals surface area contributed by atoms with E-state index >= 15 is 0 Å². The largest absolute Gasteiger partial charge is 0.456 e. The van der Waals surface area contributed by atoms with Gasteiger partial charge in [-0.1, -0.05) is 164 Å². The monoisotopic (exact) mass is 648 g/mol. The molecular weight excluding hydrogens is 617 g/mol. The average Bonchev–Trinajstić information content (AvgIpc) is 3.58. The minimum atomic E-state index is 0.896. The third-order valence-electron chi connectivity index (χ3n) is 10.3. The van der Waals surface area contributed by atoms with Gasteiger partial charge in [-0.3, -0.25) is 0 Å². The lowest BCUT2D eigenvalue weighted by Crippen LogP contribution is -1.90. The maximum atomic E-state index is 6.43. The summed E-state index contributed by atoms with van der Waals surface area (Å²) in [6, 6.07) is 69.9. The first-order valence-corrected chi connectivity index (χ1v) is 17.5. The van der Waals surface area contributed by atoms with Crippen molar-refractivity contribution in [3.05, 3.63) is 194 Å². The zero-order valence-electron chi connectivity index (χ0n) is 27.9. The average molecular weight is 649 g/mol. The van der Waals surface area contributed by atoms with Crippen molar-refractivity contribution in [3.63, 3.8) is 0 Å². The van der Waals surface area contributed by atoms with Crippen LogP contribution >= 0.6 is 0 Å². The van der Waals surface area contributed by atoms with Crippen LogP contribution in [0.2, 0.25) is 0 Å². The Kier molecular flexibility index (Phi) is 6.89. The van der Waals surface area contributed by atoms with Gasteiger partial charge in [0.1, 0.15) is 11.2 Å². The smallest absolute Gasteiger partial charge is 0.135 e. The van der Waals surface area contributed by atoms with E-state index in [-0.39, 0.29) is 0 Å². The van der Waals surface area contributed by atoms with Crippen molar-refractivity contribution in [1.82, 2.24) is 0 Å². The van der Waals surface area contributed by atoms with E-state index in [1.54, 1.807) is 0 Å². The van der Waals surface area contributed by atoms with E-state index in [2.05, 4.69) is 194 Å². The summed E-state index contributed by atoms with van der Waals surface area (Å²) in [7, 11) is 0. The minimum absolute atomic E-state index is 0.896. The van der Waals surface area contributed by atoms with Crippen LogP contribution in [0.25, 0.3) is 99.1 Å². The second kappa shape index (κ2) is 12.0. The lowest BCUT2D eigenvalue weighted by molar-refractivity contribution is 0.669. The third-order valence-corrected chi connectivity index (χ3v) is 10.3. The SMILES string of the molecule is c1ccc(-c2ccc(-c3cccc(-c4ccc5oc6ccc(-c7c8ccccc8c(-c8ccccc8)c8ccccc78)cc6c5c4)c3)cc2)cc1. The Balaban J connectivity index is 1.09. The summed E-state index contributed by atoms with van der Waals surface area (Å²) in [4.78, 5) is 0. The van der Waals surface area contributed by atoms with Crippen molar-refractivity contribution in [2.24, 2.45) is 0 Å². The second-order valence-electron chi connectivity index (χ2n) is 13.3. The highest BCUT2D eigenvalue weighted by atomic mass is 16.3. The van der Waals surface area contributed by atoms with Crippen LogP contribution < -0.4 is 0 Å². The molecule has 1 heteroatoms. The number of fused-ring (bicyclic) bond motifs is 5. The van der Waals surface area contributed by atoms with Crippen molar-refractivity contribution >= 4 is 43.5 Å². The summed E-state index contributed by atoms with van der Waals surface area (Å²) in [5.74, 6) is 0. The molecule has 10 aromatic rings. The van der Waals surface area contributed by atoms with Crippen molar-refractivity contribution in [2.75, 3.05) is 0 Å². The molecule has 238 valence electrons. The maximum Gasteiger partial charge on any atom is 0.135 e. The molecule has 0 aliphatic rings. The number of hydrogen-bond acceptors (Lipinski definition) is 1. The molecule has 0 radical (unpaired) electrons. The number of furan rings is 1. The third kappa shape index (κ3) is 5.02. The zero-order chi connectivity index (χ0) is 33.7. The fourth-order valence-electron chi connectivity index (χ4n) is 7.83. The van der Waals surface area contributed by atoms with E-state index in [1.165, 1.54) is 77.2 Å². The number of benzene rings is 9. The molecule has 0 aliphatic heterocycles. The molecule has 0 saturated heterocycles. The summed E-state index contributed by atoms with van der Waals surface area (Å²) in [6.07, 6.45) is 0. The Morgan fingerprint density at radius 1 is 0.216 bits per heavy atom. The van der Waals surface area contributed by atoms with Crippen LogP contribution in [0.4, 0.5) is 0 Å². The molecule has 51 heavy (non-hydrogen) atoms. The van der Waals surface area contributed by atoms with Crippen LogP contribution in [0.15, 0.2) is 199 Å². The van der Waals surface area contributed by atoms with Crippen LogP contribution in [-0.4, -0.2) is 0 Å². The molecule has 0 N–H and O–H groups in total. The Morgan fingerprint density at radius 2 is 0.569 bits per heavy atom. The quantitative estimate of drug-likeness (QED) is 0.169. The highest BCUT2D eigenvalue weighted by Crippen LogP contribution is 2.45. The van der Waals surface area contributed by atoms with Crippen molar-refractivity contribution in [2.45, 2.75) is 0 Å². The summed E-state index contributed by atoms with van der Waals surface area (Å²) in [5.41, 5.74) is 13.9. The predicted octanol–water partition coefficient (Wildman–Crippen LogP) is 14.2. The topological polar surface area (TPSA) is 13.1 Å². The van der Waals surface area contributed by atoms with E-state index in [1.807, 2.05) is 0 Å². The van der Waals surface area contributed by atoms with Crippen LogP contribution in [0.1, 0.15) is 0 Å². The summed E-state index contributed by atoms with van der Waals surface area (Å²) < 4.78 is 6.43. The number of rotatable bonds is 5. The molecule has 1 nitrogen and oxygen atoms in total. The first-order valence-electron chi connectivity index (χ1n) is 17.5. The normalized spacial score (nSPS) is 11.5. The van der Waals surface area contributed by atoms with Gasteiger partial charge in [-0.2, -0.15) is 0 Å². The van der Waals surface area contributed by atoms with Crippen LogP contribution in [0.3, 0.4) is 0 Å². The zero-order valence-corrected chi connectivity index (χ0v) is 27.9. The Bertz CT molecular complexity index is 2820. The lowest BCUT2D eigenvalue weighted by Gasteiger charge is -2.17. The van der Waals surface area contributed by atoms with Gasteiger partial charge in [-0.25, -0.2) is 0 Å². The first-order chi connectivity index (χ1) is 25.3. The molecule has 0 amide bonds. The van der Waals surface area contributed by atoms with Gasteiger partial charge in [-0.15, -0.1) is 0 Å². The molecule has 0 spiro atoms. The van der Waals surface area contributed by atoms with Crippen molar-refractivity contribution in [3.8, 4) is 55.6 Å². The summed E-state index contributed by atoms with van der Waals surface area (Å²) in [6.45, 7) is 0. The van der Waals surface area contributed by atoms with Crippen molar-refractivity contribution < 1.29 is 4.42 Å². The van der Waals surface area contributed by atoms with Gasteiger partial charge >= 0.3 is 0 Å². The summed E-state index contributed by atoms with van der Waals surface area (Å²) in [5, 5.41) is 7.25. The highest BCUT2D eigenvalue weighted by Gasteiger charge is 2.18. The lowest BCUT2D eigenvalue weighted by atomic mass is 9.86. The Labute approximate surface area is 296 Å². The van der Waals surface area contributed by atoms with E-state index in [0.29, 0.717) is 0 Å². The maximum absolute atomic E-state index is 6.43. The molecule has 0 aliphatic carbocycles. The Hall–Kier alpha value is -6.70. The predicted molar refractivity (Wildman–Crippen MR) is 216 cm³/mol. The van der Waals surface area contributed by atoms with Gasteiger partial charge in [0.2, 0.25) is 0 Å². The van der Waals surface area contributed by atoms with E-state index in [0.717, 1.165) is 21.9 Å². The molecule has 10 rings (SSSR count). The first kappa shape index (κ1) is 29.2. The van der Waals surface area contributed by atoms with Gasteiger partial charge < -0.3 is 4.42 Å². The fourth-order valence-corrected chi connectivity index (χ4v) is 7.83. The molecule has 0 saturated carbocycles. The molecule has 1 aromatic heterocycles. The second-order valence-corrected chi connectivity index (χ2v) is 13.3. The minimum Gasteiger partial charge on any atom is -0.456 e. The fraction of sp³-hybridized carbons (Fsp3) is 0. The van der Waals surface area contributed by atoms with E-state index < -0.39 is 0 Å². The Morgan fingerprint density at radius 3 is 1.14 bits per heavy atom. The molecule has 0 atom stereocenters.